The van der Waals surface area contributed by atoms with E-state index in [1.54, 1.807) is 0 Å². The predicted molar refractivity (Wildman–Crippen MR) is 49.0 cm³/mol. The third-order valence-electron chi connectivity index (χ3n) is 1.36. The second-order valence-electron chi connectivity index (χ2n) is 2.15. The van der Waals surface area contributed by atoms with Gasteiger partial charge in [0.1, 0.15) is 0 Å². The van der Waals surface area contributed by atoms with E-state index in [-0.39, 0.29) is 6.61 Å². The van der Waals surface area contributed by atoms with Gasteiger partial charge in [-0.15, -0.1) is 0 Å². The van der Waals surface area contributed by atoms with Gasteiger partial charge in [0, 0.05) is 23.7 Å². The lowest BCUT2D eigenvalue weighted by molar-refractivity contribution is 0.213. The van der Waals surface area contributed by atoms with E-state index in [1.165, 1.54) is 5.54 Å². The van der Waals surface area contributed by atoms with Crippen LogP contribution in [-0.4, -0.2) is 36.2 Å². The lowest BCUT2D eigenvalue weighted by Crippen LogP contribution is -2.27. The van der Waals surface area contributed by atoms with Gasteiger partial charge < -0.3 is 5.11 Å². The predicted octanol–water partition coefficient (Wildman–Crippen LogP) is 1.62. The molecule has 0 rings (SSSR count). The van der Waals surface area contributed by atoms with E-state index in [0.29, 0.717) is 18.1 Å². The maximum Gasteiger partial charge on any atom is 0.0558 e. The Morgan fingerprint density at radius 1 is 1.64 bits per heavy atom. The Morgan fingerprint density at radius 3 is 2.64 bits per heavy atom. The Balaban J connectivity index is 3.68. The second kappa shape index (κ2) is 6.92. The molecule has 0 amide bonds. The molecule has 0 aromatic heterocycles. The third kappa shape index (κ3) is 5.50. The maximum absolute atomic E-state index is 8.62. The first-order chi connectivity index (χ1) is 5.24. The number of likely N-dealkylation sites (N-methyl/N-ethyl adjacent to an activating group) is 1. The largest absolute Gasteiger partial charge is 0.395 e. The van der Waals surface area contributed by atoms with Crippen LogP contribution in [0.25, 0.3) is 0 Å². The van der Waals surface area contributed by atoms with Crippen LogP contribution in [0.2, 0.25) is 0 Å². The summed E-state index contributed by atoms with van der Waals surface area (Å²) in [6.07, 6.45) is 0. The first kappa shape index (κ1) is 11.2. The number of hydrogen-bond donors (Lipinski definition) is 1. The minimum Gasteiger partial charge on any atom is -0.395 e. The summed E-state index contributed by atoms with van der Waals surface area (Å²) in [7, 11) is 0. The van der Waals surface area contributed by atoms with E-state index in [1.807, 2.05) is 11.8 Å². The average Bonchev–Trinajstić information content (AvgIpc) is 2.03. The summed E-state index contributed by atoms with van der Waals surface area (Å²) in [5, 5.41) is 9.22. The van der Waals surface area contributed by atoms with Gasteiger partial charge in [0.15, 0.2) is 0 Å². The molecule has 0 radical (unpaired) electrons. The minimum atomic E-state index is 0.153. The minimum absolute atomic E-state index is 0.153. The van der Waals surface area contributed by atoms with Crippen LogP contribution in [0, 0.1) is 0 Å². The molecule has 0 fully saturated rings. The van der Waals surface area contributed by atoms with Crippen molar-refractivity contribution in [1.82, 2.24) is 4.90 Å². The molecule has 0 heterocycles. The van der Waals surface area contributed by atoms with Crippen molar-refractivity contribution in [2.45, 2.75) is 6.92 Å². The fraction of sp³-hybridized carbons (Fsp3) is 0.714. The van der Waals surface area contributed by atoms with Crippen molar-refractivity contribution in [2.75, 3.05) is 26.2 Å². The fourth-order valence-electron chi connectivity index (χ4n) is 0.739. The van der Waals surface area contributed by atoms with Gasteiger partial charge in [0.25, 0.3) is 0 Å². The summed E-state index contributed by atoms with van der Waals surface area (Å²) in [5.74, 6) is 0. The van der Waals surface area contributed by atoms with E-state index >= 15 is 0 Å². The normalized spacial score (nSPS) is 12.6. The molecule has 0 saturated carbocycles. The Hall–Kier alpha value is 0.240. The molecule has 1 N–H and O–H groups in total. The number of hydrogen-bond acceptors (Lipinski definition) is 2. The van der Waals surface area contributed by atoms with E-state index < -0.39 is 0 Å². The van der Waals surface area contributed by atoms with E-state index in [0.717, 1.165) is 6.54 Å². The number of aliphatic hydroxyl groups is 1. The second-order valence-corrected chi connectivity index (χ2v) is 2.85. The zero-order valence-electron chi connectivity index (χ0n) is 6.56. The molecular weight excluding hydrogens is 185 g/mol. The van der Waals surface area contributed by atoms with Gasteiger partial charge >= 0.3 is 0 Å². The first-order valence-electron chi connectivity index (χ1n) is 3.52. The van der Waals surface area contributed by atoms with Crippen LogP contribution in [0.1, 0.15) is 6.92 Å². The SMILES string of the molecule is CCN(CCO)CC(Cl)=CCl. The van der Waals surface area contributed by atoms with Gasteiger partial charge in [-0.1, -0.05) is 30.1 Å². The summed E-state index contributed by atoms with van der Waals surface area (Å²) in [6, 6.07) is 0. The van der Waals surface area contributed by atoms with E-state index in [4.69, 9.17) is 28.3 Å². The summed E-state index contributed by atoms with van der Waals surface area (Å²) < 4.78 is 0. The average molecular weight is 198 g/mol. The van der Waals surface area contributed by atoms with Gasteiger partial charge in [-0.3, -0.25) is 4.90 Å². The molecule has 0 aliphatic carbocycles. The molecule has 2 nitrogen and oxygen atoms in total. The monoisotopic (exact) mass is 197 g/mol. The van der Waals surface area contributed by atoms with Crippen LogP contribution >= 0.6 is 23.2 Å². The van der Waals surface area contributed by atoms with Crippen LogP contribution in [0.5, 0.6) is 0 Å². The Labute approximate surface area is 77.4 Å². The summed E-state index contributed by atoms with van der Waals surface area (Å²) in [4.78, 5) is 2.00. The fourth-order valence-corrected chi connectivity index (χ4v) is 0.977. The molecule has 66 valence electrons. The van der Waals surface area contributed by atoms with Crippen LogP contribution in [0.3, 0.4) is 0 Å². The first-order valence-corrected chi connectivity index (χ1v) is 4.34. The standard InChI is InChI=1S/C7H13Cl2NO/c1-2-10(3-4-11)6-7(9)5-8/h5,11H,2-4,6H2,1H3. The number of halogens is 2. The maximum atomic E-state index is 8.62. The molecule has 0 bridgehead atoms. The summed E-state index contributed by atoms with van der Waals surface area (Å²) in [6.45, 7) is 4.27. The molecule has 11 heavy (non-hydrogen) atoms. The smallest absolute Gasteiger partial charge is 0.0558 e. The molecular formula is C7H13Cl2NO. The Kier molecular flexibility index (Phi) is 7.07. The van der Waals surface area contributed by atoms with Crippen molar-refractivity contribution in [3.8, 4) is 0 Å². The third-order valence-corrected chi connectivity index (χ3v) is 1.96. The van der Waals surface area contributed by atoms with Crippen molar-refractivity contribution in [2.24, 2.45) is 0 Å². The highest BCUT2D eigenvalue weighted by molar-refractivity contribution is 6.36. The molecule has 0 unspecified atom stereocenters. The lowest BCUT2D eigenvalue weighted by Gasteiger charge is -2.17. The zero-order valence-corrected chi connectivity index (χ0v) is 8.07. The molecule has 0 saturated heterocycles. The summed E-state index contributed by atoms with van der Waals surface area (Å²) >= 11 is 11.1. The van der Waals surface area contributed by atoms with Crippen molar-refractivity contribution in [3.63, 3.8) is 0 Å². The van der Waals surface area contributed by atoms with Gasteiger partial charge in [-0.2, -0.15) is 0 Å². The lowest BCUT2D eigenvalue weighted by atomic mass is 10.4. The van der Waals surface area contributed by atoms with Crippen molar-refractivity contribution >= 4 is 23.2 Å². The Bertz CT molecular complexity index is 128. The van der Waals surface area contributed by atoms with E-state index in [2.05, 4.69) is 0 Å². The van der Waals surface area contributed by atoms with Gasteiger partial charge in [-0.25, -0.2) is 0 Å². The number of aliphatic hydroxyl groups excluding tert-OH is 1. The topological polar surface area (TPSA) is 23.5 Å². The van der Waals surface area contributed by atoms with Crippen LogP contribution in [0.15, 0.2) is 10.6 Å². The number of rotatable bonds is 5. The summed E-state index contributed by atoms with van der Waals surface area (Å²) in [5.41, 5.74) is 1.35. The molecule has 0 aromatic rings. The van der Waals surface area contributed by atoms with Crippen LogP contribution in [-0.2, 0) is 0 Å². The zero-order chi connectivity index (χ0) is 8.69. The van der Waals surface area contributed by atoms with Crippen LogP contribution in [0.4, 0.5) is 0 Å². The highest BCUT2D eigenvalue weighted by atomic mass is 35.5. The van der Waals surface area contributed by atoms with Crippen molar-refractivity contribution in [3.05, 3.63) is 10.6 Å². The van der Waals surface area contributed by atoms with Gasteiger partial charge in [-0.05, 0) is 6.54 Å². The molecule has 0 atom stereocenters. The highest BCUT2D eigenvalue weighted by Gasteiger charge is 2.01. The van der Waals surface area contributed by atoms with Gasteiger partial charge in [0.05, 0.1) is 6.61 Å². The van der Waals surface area contributed by atoms with Crippen molar-refractivity contribution in [1.29, 1.82) is 0 Å². The molecule has 4 heteroatoms. The van der Waals surface area contributed by atoms with Gasteiger partial charge in [0.2, 0.25) is 0 Å². The molecule has 0 aromatic carbocycles. The van der Waals surface area contributed by atoms with Crippen LogP contribution < -0.4 is 0 Å². The number of nitrogens with zero attached hydrogens (tertiary/aromatic N) is 1. The quantitative estimate of drug-likeness (QED) is 0.725. The van der Waals surface area contributed by atoms with Crippen molar-refractivity contribution < 1.29 is 5.11 Å². The molecule has 0 aliphatic rings. The van der Waals surface area contributed by atoms with E-state index in [9.17, 15) is 0 Å². The highest BCUT2D eigenvalue weighted by Crippen LogP contribution is 2.05. The molecule has 0 spiro atoms. The Morgan fingerprint density at radius 2 is 2.27 bits per heavy atom. The molecule has 0 aliphatic heterocycles.